The molecule has 2 heterocycles. The predicted octanol–water partition coefficient (Wildman–Crippen LogP) is 3.88. The number of halogens is 1. The number of amides is 1. The number of anilines is 1. The summed E-state index contributed by atoms with van der Waals surface area (Å²) < 4.78 is 3.35. The molecule has 2 aromatic heterocycles. The van der Waals surface area contributed by atoms with Crippen molar-refractivity contribution in [2.45, 2.75) is 26.9 Å². The Labute approximate surface area is 177 Å². The van der Waals surface area contributed by atoms with Gasteiger partial charge in [-0.2, -0.15) is 10.2 Å². The Bertz CT molecular complexity index is 1310. The molecule has 0 unspecified atom stereocenters. The van der Waals surface area contributed by atoms with E-state index in [4.69, 9.17) is 11.6 Å². The maximum atomic E-state index is 12.8. The highest BCUT2D eigenvalue weighted by atomic mass is 35.5. The summed E-state index contributed by atoms with van der Waals surface area (Å²) in [5, 5.41) is 12.1. The monoisotopic (exact) mass is 421 g/mol. The van der Waals surface area contributed by atoms with E-state index in [0.29, 0.717) is 34.7 Å². The summed E-state index contributed by atoms with van der Waals surface area (Å²) in [6.07, 6.45) is 3.27. The van der Waals surface area contributed by atoms with Crippen LogP contribution in [-0.2, 0) is 13.1 Å². The van der Waals surface area contributed by atoms with Crippen molar-refractivity contribution in [1.29, 1.82) is 0 Å². The van der Waals surface area contributed by atoms with E-state index in [1.165, 1.54) is 0 Å². The highest BCUT2D eigenvalue weighted by Gasteiger charge is 2.18. The first-order valence-electron chi connectivity index (χ1n) is 9.55. The molecule has 8 heteroatoms. The number of aromatic nitrogens is 4. The molecule has 1 N–H and O–H groups in total. The molecule has 30 heavy (non-hydrogen) atoms. The number of carbonyl (C=O) groups excluding carboxylic acids is 1. The minimum atomic E-state index is -0.584. The molecule has 0 aliphatic rings. The zero-order chi connectivity index (χ0) is 21.3. The fourth-order valence-corrected chi connectivity index (χ4v) is 3.49. The molecular weight excluding hydrogens is 402 g/mol. The molecule has 152 valence electrons. The van der Waals surface area contributed by atoms with Crippen LogP contribution >= 0.6 is 11.6 Å². The molecule has 0 saturated carbocycles. The van der Waals surface area contributed by atoms with Crippen LogP contribution in [0.25, 0.3) is 10.9 Å². The van der Waals surface area contributed by atoms with Gasteiger partial charge in [-0.15, -0.1) is 0 Å². The molecule has 4 rings (SSSR count). The number of rotatable bonds is 5. The predicted molar refractivity (Wildman–Crippen MR) is 117 cm³/mol. The largest absolute Gasteiger partial charge is 0.318 e. The lowest BCUT2D eigenvalue weighted by molar-refractivity contribution is 0.101. The van der Waals surface area contributed by atoms with Crippen LogP contribution in [0.2, 0.25) is 5.02 Å². The summed E-state index contributed by atoms with van der Waals surface area (Å²) in [5.74, 6) is -0.584. The van der Waals surface area contributed by atoms with Crippen molar-refractivity contribution in [2.24, 2.45) is 0 Å². The Hall–Kier alpha value is -3.45. The zero-order valence-electron chi connectivity index (χ0n) is 16.6. The Kier molecular flexibility index (Phi) is 5.37. The van der Waals surface area contributed by atoms with E-state index in [1.807, 2.05) is 38.1 Å². The van der Waals surface area contributed by atoms with Gasteiger partial charge in [0.25, 0.3) is 5.91 Å². The summed E-state index contributed by atoms with van der Waals surface area (Å²) in [7, 11) is 0. The van der Waals surface area contributed by atoms with E-state index in [9.17, 15) is 9.59 Å². The number of fused-ring (bicyclic) bond motifs is 1. The fraction of sp³-hybridized carbons (Fsp3) is 0.182. The van der Waals surface area contributed by atoms with Gasteiger partial charge in [0.05, 0.1) is 29.3 Å². The molecule has 1 amide bonds. The Balaban J connectivity index is 1.61. The van der Waals surface area contributed by atoms with Gasteiger partial charge in [-0.1, -0.05) is 35.9 Å². The second kappa shape index (κ2) is 8.12. The SMILES string of the molecule is CCn1nc(C(=O)Nc2cnn(Cc3ccccc3C)c2)c(=O)c2cc(Cl)ccc21. The number of nitrogens with one attached hydrogen (secondary N) is 1. The lowest BCUT2D eigenvalue weighted by Gasteiger charge is -2.10. The van der Waals surface area contributed by atoms with E-state index in [0.717, 1.165) is 11.1 Å². The van der Waals surface area contributed by atoms with E-state index in [2.05, 4.69) is 15.5 Å². The number of aryl methyl sites for hydroxylation is 2. The maximum absolute atomic E-state index is 12.8. The van der Waals surface area contributed by atoms with Gasteiger partial charge in [0.2, 0.25) is 5.43 Å². The van der Waals surface area contributed by atoms with Gasteiger partial charge in [0, 0.05) is 17.8 Å². The summed E-state index contributed by atoms with van der Waals surface area (Å²) >= 11 is 6.05. The molecule has 0 atom stereocenters. The Morgan fingerprint density at radius 2 is 2.00 bits per heavy atom. The maximum Gasteiger partial charge on any atom is 0.280 e. The third kappa shape index (κ3) is 3.84. The molecule has 7 nitrogen and oxygen atoms in total. The minimum Gasteiger partial charge on any atom is -0.318 e. The summed E-state index contributed by atoms with van der Waals surface area (Å²) in [4.78, 5) is 25.6. The van der Waals surface area contributed by atoms with Gasteiger partial charge in [0.15, 0.2) is 5.69 Å². The van der Waals surface area contributed by atoms with Gasteiger partial charge in [-0.3, -0.25) is 19.0 Å². The second-order valence-corrected chi connectivity index (χ2v) is 7.40. The molecule has 0 radical (unpaired) electrons. The second-order valence-electron chi connectivity index (χ2n) is 6.96. The standard InChI is InChI=1S/C22H20ClN5O2/c1-3-28-19-9-8-16(23)10-18(19)21(29)20(26-28)22(30)25-17-11-24-27(13-17)12-15-7-5-4-6-14(15)2/h4-11,13H,3,12H2,1-2H3,(H,25,30). The number of benzene rings is 2. The molecule has 0 bridgehead atoms. The lowest BCUT2D eigenvalue weighted by Crippen LogP contribution is -2.27. The normalized spacial score (nSPS) is 11.0. The van der Waals surface area contributed by atoms with Crippen molar-refractivity contribution in [2.75, 3.05) is 5.32 Å². The van der Waals surface area contributed by atoms with Crippen LogP contribution < -0.4 is 10.7 Å². The van der Waals surface area contributed by atoms with Crippen LogP contribution in [0.5, 0.6) is 0 Å². The molecule has 0 aliphatic heterocycles. The first-order chi connectivity index (χ1) is 14.5. The average molecular weight is 422 g/mol. The first kappa shape index (κ1) is 19.8. The highest BCUT2D eigenvalue weighted by Crippen LogP contribution is 2.17. The van der Waals surface area contributed by atoms with Gasteiger partial charge < -0.3 is 5.32 Å². The van der Waals surface area contributed by atoms with Gasteiger partial charge in [0.1, 0.15) is 0 Å². The third-order valence-corrected chi connectivity index (χ3v) is 5.15. The fourth-order valence-electron chi connectivity index (χ4n) is 3.32. The molecule has 0 spiro atoms. The van der Waals surface area contributed by atoms with E-state index >= 15 is 0 Å². The van der Waals surface area contributed by atoms with Crippen LogP contribution in [0.1, 0.15) is 28.5 Å². The number of hydrogen-bond donors (Lipinski definition) is 1. The first-order valence-corrected chi connectivity index (χ1v) is 9.92. The zero-order valence-corrected chi connectivity index (χ0v) is 17.3. The Morgan fingerprint density at radius 1 is 1.20 bits per heavy atom. The van der Waals surface area contributed by atoms with Crippen LogP contribution in [0.3, 0.4) is 0 Å². The molecule has 2 aromatic carbocycles. The molecule has 0 saturated heterocycles. The van der Waals surface area contributed by atoms with Crippen LogP contribution in [-0.4, -0.2) is 25.5 Å². The van der Waals surface area contributed by atoms with Crippen LogP contribution in [0.15, 0.2) is 59.7 Å². The molecule has 0 fully saturated rings. The topological polar surface area (TPSA) is 81.8 Å². The smallest absolute Gasteiger partial charge is 0.280 e. The lowest BCUT2D eigenvalue weighted by atomic mass is 10.1. The highest BCUT2D eigenvalue weighted by molar-refractivity contribution is 6.31. The molecule has 0 aliphatic carbocycles. The van der Waals surface area contributed by atoms with Crippen molar-refractivity contribution in [3.63, 3.8) is 0 Å². The van der Waals surface area contributed by atoms with E-state index < -0.39 is 11.3 Å². The van der Waals surface area contributed by atoms with Crippen LogP contribution in [0.4, 0.5) is 5.69 Å². The summed E-state index contributed by atoms with van der Waals surface area (Å²) in [6, 6.07) is 13.0. The van der Waals surface area contributed by atoms with Crippen molar-refractivity contribution >= 4 is 34.1 Å². The molecule has 4 aromatic rings. The number of carbonyl (C=O) groups is 1. The number of nitrogens with zero attached hydrogens (tertiary/aromatic N) is 4. The summed E-state index contributed by atoms with van der Waals surface area (Å²) in [6.45, 7) is 5.02. The average Bonchev–Trinajstić information content (AvgIpc) is 3.17. The molecular formula is C22H20ClN5O2. The van der Waals surface area contributed by atoms with Crippen molar-refractivity contribution in [1.82, 2.24) is 19.6 Å². The third-order valence-electron chi connectivity index (χ3n) is 4.92. The van der Waals surface area contributed by atoms with Crippen molar-refractivity contribution in [3.8, 4) is 0 Å². The van der Waals surface area contributed by atoms with Crippen LogP contribution in [0, 0.1) is 6.92 Å². The van der Waals surface area contributed by atoms with Gasteiger partial charge in [-0.25, -0.2) is 0 Å². The van der Waals surface area contributed by atoms with E-state index in [1.54, 1.807) is 40.0 Å². The Morgan fingerprint density at radius 3 is 2.77 bits per heavy atom. The quantitative estimate of drug-likeness (QED) is 0.530. The van der Waals surface area contributed by atoms with E-state index in [-0.39, 0.29) is 5.69 Å². The summed E-state index contributed by atoms with van der Waals surface area (Å²) in [5.41, 5.74) is 2.79. The van der Waals surface area contributed by atoms with Crippen molar-refractivity contribution in [3.05, 3.63) is 86.9 Å². The number of hydrogen-bond acceptors (Lipinski definition) is 4. The van der Waals surface area contributed by atoms with Crippen molar-refractivity contribution < 1.29 is 4.79 Å². The van der Waals surface area contributed by atoms with Gasteiger partial charge in [-0.05, 0) is 43.2 Å². The van der Waals surface area contributed by atoms with Gasteiger partial charge >= 0.3 is 0 Å². The minimum absolute atomic E-state index is 0.182.